The number of hydrogen-bond acceptors (Lipinski definition) is 2. The number of fused-ring (bicyclic) bond motifs is 1. The van der Waals surface area contributed by atoms with Gasteiger partial charge in [0.2, 0.25) is 0 Å². The van der Waals surface area contributed by atoms with E-state index in [1.165, 1.54) is 49.3 Å². The van der Waals surface area contributed by atoms with Crippen molar-refractivity contribution >= 4 is 0 Å². The maximum Gasteiger partial charge on any atom is 0.109 e. The number of hydrogen-bond donors (Lipinski definition) is 1. The molecule has 0 radical (unpaired) electrons. The lowest BCUT2D eigenvalue weighted by Crippen LogP contribution is -2.20. The fourth-order valence-electron chi connectivity index (χ4n) is 3.07. The van der Waals surface area contributed by atoms with Crippen LogP contribution in [0.5, 0.6) is 0 Å². The van der Waals surface area contributed by atoms with Crippen molar-refractivity contribution in [2.45, 2.75) is 71.9 Å². The number of aryl methyl sites for hydroxylation is 1. The number of aromatic nitrogens is 2. The first kappa shape index (κ1) is 13.6. The number of nitrogens with zero attached hydrogens (tertiary/aromatic N) is 2. The van der Waals surface area contributed by atoms with Crippen molar-refractivity contribution in [1.29, 1.82) is 0 Å². The van der Waals surface area contributed by atoms with Gasteiger partial charge in [-0.3, -0.25) is 0 Å². The predicted molar refractivity (Wildman–Crippen MR) is 75.9 cm³/mol. The van der Waals surface area contributed by atoms with Crippen LogP contribution in [0.2, 0.25) is 0 Å². The summed E-state index contributed by atoms with van der Waals surface area (Å²) in [4.78, 5) is 4.92. The van der Waals surface area contributed by atoms with E-state index in [0.29, 0.717) is 6.04 Å². The molecule has 0 fully saturated rings. The highest BCUT2D eigenvalue weighted by atomic mass is 15.1. The SMILES string of the molecule is CCCc1nc(CNCC)c2n1C(CC)CCC2. The molecule has 1 unspecified atom stereocenters. The van der Waals surface area contributed by atoms with E-state index in [2.05, 4.69) is 30.7 Å². The van der Waals surface area contributed by atoms with Crippen LogP contribution in [0.3, 0.4) is 0 Å². The normalized spacial score (nSPS) is 18.9. The molecular formula is C15H27N3. The molecule has 18 heavy (non-hydrogen) atoms. The molecule has 0 aliphatic carbocycles. The standard InChI is InChI=1S/C15H27N3/c1-4-8-15-17-13(11-16-6-3)14-10-7-9-12(5-2)18(14)15/h12,16H,4-11H2,1-3H3. The number of rotatable bonds is 6. The van der Waals surface area contributed by atoms with Crippen LogP contribution >= 0.6 is 0 Å². The molecule has 0 aromatic carbocycles. The van der Waals surface area contributed by atoms with Crippen LogP contribution in [0.25, 0.3) is 0 Å². The molecule has 2 rings (SSSR count). The van der Waals surface area contributed by atoms with Crippen LogP contribution in [0.15, 0.2) is 0 Å². The average Bonchev–Trinajstić information content (AvgIpc) is 2.75. The fraction of sp³-hybridized carbons (Fsp3) is 0.800. The zero-order valence-corrected chi connectivity index (χ0v) is 12.1. The first-order valence-electron chi connectivity index (χ1n) is 7.61. The lowest BCUT2D eigenvalue weighted by atomic mass is 9.99. The summed E-state index contributed by atoms with van der Waals surface area (Å²) in [5, 5.41) is 3.43. The van der Waals surface area contributed by atoms with Gasteiger partial charge < -0.3 is 9.88 Å². The van der Waals surface area contributed by atoms with Crippen molar-refractivity contribution in [3.63, 3.8) is 0 Å². The van der Waals surface area contributed by atoms with Gasteiger partial charge in [0, 0.05) is 24.7 Å². The van der Waals surface area contributed by atoms with Gasteiger partial charge >= 0.3 is 0 Å². The van der Waals surface area contributed by atoms with Crippen molar-refractivity contribution in [1.82, 2.24) is 14.9 Å². The molecule has 2 heterocycles. The highest BCUT2D eigenvalue weighted by Crippen LogP contribution is 2.31. The summed E-state index contributed by atoms with van der Waals surface area (Å²) >= 11 is 0. The van der Waals surface area contributed by atoms with Crippen LogP contribution in [-0.4, -0.2) is 16.1 Å². The molecule has 3 heteroatoms. The Hall–Kier alpha value is -0.830. The Labute approximate surface area is 111 Å². The first-order chi connectivity index (χ1) is 8.81. The molecule has 0 spiro atoms. The molecule has 1 N–H and O–H groups in total. The van der Waals surface area contributed by atoms with Gasteiger partial charge in [-0.1, -0.05) is 20.8 Å². The molecule has 0 saturated heterocycles. The van der Waals surface area contributed by atoms with Gasteiger partial charge in [-0.15, -0.1) is 0 Å². The highest BCUT2D eigenvalue weighted by molar-refractivity contribution is 5.21. The zero-order valence-electron chi connectivity index (χ0n) is 12.1. The Morgan fingerprint density at radius 3 is 2.83 bits per heavy atom. The first-order valence-corrected chi connectivity index (χ1v) is 7.61. The Balaban J connectivity index is 2.32. The molecule has 0 amide bonds. The monoisotopic (exact) mass is 249 g/mol. The molecule has 1 aromatic heterocycles. The van der Waals surface area contributed by atoms with Gasteiger partial charge in [0.1, 0.15) is 5.82 Å². The molecule has 1 aliphatic heterocycles. The van der Waals surface area contributed by atoms with E-state index in [0.717, 1.165) is 19.5 Å². The molecule has 1 aliphatic rings. The fourth-order valence-corrected chi connectivity index (χ4v) is 3.07. The second kappa shape index (κ2) is 6.37. The second-order valence-electron chi connectivity index (χ2n) is 5.28. The van der Waals surface area contributed by atoms with E-state index in [9.17, 15) is 0 Å². The Morgan fingerprint density at radius 1 is 1.33 bits per heavy atom. The van der Waals surface area contributed by atoms with E-state index in [-0.39, 0.29) is 0 Å². The van der Waals surface area contributed by atoms with E-state index in [1.807, 2.05) is 0 Å². The Kier molecular flexibility index (Phi) is 4.81. The average molecular weight is 249 g/mol. The van der Waals surface area contributed by atoms with Crippen LogP contribution in [-0.2, 0) is 19.4 Å². The molecule has 0 saturated carbocycles. The minimum absolute atomic E-state index is 0.693. The summed E-state index contributed by atoms with van der Waals surface area (Å²) in [5.41, 5.74) is 2.82. The molecule has 1 atom stereocenters. The lowest BCUT2D eigenvalue weighted by molar-refractivity contribution is 0.378. The van der Waals surface area contributed by atoms with Crippen molar-refractivity contribution in [2.24, 2.45) is 0 Å². The molecular weight excluding hydrogens is 222 g/mol. The van der Waals surface area contributed by atoms with Gasteiger partial charge in [0.25, 0.3) is 0 Å². The van der Waals surface area contributed by atoms with Crippen LogP contribution < -0.4 is 5.32 Å². The van der Waals surface area contributed by atoms with Gasteiger partial charge in [0.15, 0.2) is 0 Å². The third kappa shape index (κ3) is 2.61. The van der Waals surface area contributed by atoms with Crippen molar-refractivity contribution < 1.29 is 0 Å². The molecule has 102 valence electrons. The second-order valence-corrected chi connectivity index (χ2v) is 5.28. The molecule has 0 bridgehead atoms. The van der Waals surface area contributed by atoms with E-state index in [1.54, 1.807) is 0 Å². The van der Waals surface area contributed by atoms with Gasteiger partial charge in [-0.05, 0) is 38.6 Å². The maximum absolute atomic E-state index is 4.92. The lowest BCUT2D eigenvalue weighted by Gasteiger charge is -2.27. The Bertz CT molecular complexity index is 381. The molecule has 3 nitrogen and oxygen atoms in total. The smallest absolute Gasteiger partial charge is 0.109 e. The summed E-state index contributed by atoms with van der Waals surface area (Å²) in [6.45, 7) is 8.66. The number of imidazole rings is 1. The third-order valence-corrected chi connectivity index (χ3v) is 3.97. The van der Waals surface area contributed by atoms with Crippen LogP contribution in [0, 0.1) is 0 Å². The summed E-state index contributed by atoms with van der Waals surface area (Å²) in [6.07, 6.45) is 7.42. The predicted octanol–water partition coefficient (Wildman–Crippen LogP) is 3.23. The van der Waals surface area contributed by atoms with Gasteiger partial charge in [-0.25, -0.2) is 4.98 Å². The maximum atomic E-state index is 4.92. The summed E-state index contributed by atoms with van der Waals surface area (Å²) in [5.74, 6) is 1.33. The minimum Gasteiger partial charge on any atom is -0.329 e. The van der Waals surface area contributed by atoms with E-state index in [4.69, 9.17) is 4.98 Å². The van der Waals surface area contributed by atoms with E-state index < -0.39 is 0 Å². The zero-order chi connectivity index (χ0) is 13.0. The van der Waals surface area contributed by atoms with Gasteiger partial charge in [-0.2, -0.15) is 0 Å². The quantitative estimate of drug-likeness (QED) is 0.839. The van der Waals surface area contributed by atoms with E-state index >= 15 is 0 Å². The third-order valence-electron chi connectivity index (χ3n) is 3.97. The minimum atomic E-state index is 0.693. The highest BCUT2D eigenvalue weighted by Gasteiger charge is 2.24. The van der Waals surface area contributed by atoms with Gasteiger partial charge in [0.05, 0.1) is 5.69 Å². The van der Waals surface area contributed by atoms with Crippen molar-refractivity contribution in [2.75, 3.05) is 6.54 Å². The van der Waals surface area contributed by atoms with Crippen molar-refractivity contribution in [3.05, 3.63) is 17.2 Å². The molecule has 1 aromatic rings. The Morgan fingerprint density at radius 2 is 2.17 bits per heavy atom. The van der Waals surface area contributed by atoms with Crippen LogP contribution in [0.1, 0.15) is 69.7 Å². The van der Waals surface area contributed by atoms with Crippen molar-refractivity contribution in [3.8, 4) is 0 Å². The summed E-state index contributed by atoms with van der Waals surface area (Å²) in [6, 6.07) is 0.693. The largest absolute Gasteiger partial charge is 0.329 e. The topological polar surface area (TPSA) is 29.9 Å². The van der Waals surface area contributed by atoms with Crippen LogP contribution in [0.4, 0.5) is 0 Å². The summed E-state index contributed by atoms with van der Waals surface area (Å²) in [7, 11) is 0. The number of nitrogens with one attached hydrogen (secondary N) is 1. The summed E-state index contributed by atoms with van der Waals surface area (Å²) < 4.78 is 2.57.